The number of hydrogen-bond donors (Lipinski definition) is 2. The van der Waals surface area contributed by atoms with E-state index in [4.69, 9.17) is 4.74 Å². The van der Waals surface area contributed by atoms with E-state index in [1.54, 1.807) is 0 Å². The molecule has 1 amide bonds. The van der Waals surface area contributed by atoms with Crippen LogP contribution in [0.4, 0.5) is 15.8 Å². The third kappa shape index (κ3) is 4.19. The highest BCUT2D eigenvalue weighted by Gasteiger charge is 2.53. The van der Waals surface area contributed by atoms with Crippen molar-refractivity contribution >= 4 is 27.3 Å². The average Bonchev–Trinajstić information content (AvgIpc) is 3.43. The van der Waals surface area contributed by atoms with Crippen LogP contribution in [0.25, 0.3) is 0 Å². The third-order valence-corrected chi connectivity index (χ3v) is 5.58. The minimum absolute atomic E-state index is 0.0475. The van der Waals surface area contributed by atoms with E-state index in [2.05, 4.69) is 10.0 Å². The Balaban J connectivity index is 1.80. The molecule has 2 aromatic carbocycles. The van der Waals surface area contributed by atoms with Crippen LogP contribution in [0.2, 0.25) is 0 Å². The largest absolute Gasteiger partial charge is 0.495 e. The van der Waals surface area contributed by atoms with Crippen molar-refractivity contribution in [1.82, 2.24) is 0 Å². The molecule has 0 bridgehead atoms. The Kier molecular flexibility index (Phi) is 5.18. The summed E-state index contributed by atoms with van der Waals surface area (Å²) in [5.41, 5.74) is 0.294. The van der Waals surface area contributed by atoms with Crippen molar-refractivity contribution < 1.29 is 27.3 Å². The molecule has 0 spiro atoms. The van der Waals surface area contributed by atoms with Gasteiger partial charge in [-0.2, -0.15) is 0 Å². The third-order valence-electron chi connectivity index (χ3n) is 4.20. The predicted molar refractivity (Wildman–Crippen MR) is 97.7 cm³/mol. The number of anilines is 2. The standard InChI is InChI=1S/C17H16FN3O6S/c1-27-16-7-4-11(19-17(22)13-9-15(13)21(23)24)8-14(16)20-28(25,26)12-5-2-10(18)3-6-12/h2-8,13,15,20H,9H2,1H3,(H,19,22)/t13-,15+/m0/s1. The molecular weight excluding hydrogens is 393 g/mol. The van der Waals surface area contributed by atoms with Gasteiger partial charge in [0.25, 0.3) is 10.0 Å². The van der Waals surface area contributed by atoms with Crippen molar-refractivity contribution in [2.45, 2.75) is 17.4 Å². The van der Waals surface area contributed by atoms with Crippen LogP contribution in [0, 0.1) is 21.8 Å². The molecule has 2 atom stereocenters. The average molecular weight is 409 g/mol. The van der Waals surface area contributed by atoms with Crippen molar-refractivity contribution in [2.75, 3.05) is 17.1 Å². The number of carbonyl (C=O) groups excluding carboxylic acids is 1. The molecule has 3 rings (SSSR count). The van der Waals surface area contributed by atoms with Gasteiger partial charge in [-0.3, -0.25) is 19.6 Å². The number of nitrogens with zero attached hydrogens (tertiary/aromatic N) is 1. The number of hydrogen-bond acceptors (Lipinski definition) is 6. The van der Waals surface area contributed by atoms with Gasteiger partial charge < -0.3 is 10.1 Å². The lowest BCUT2D eigenvalue weighted by Gasteiger charge is -2.14. The van der Waals surface area contributed by atoms with Gasteiger partial charge in [0.1, 0.15) is 17.5 Å². The van der Waals surface area contributed by atoms with Crippen LogP contribution < -0.4 is 14.8 Å². The molecular formula is C17H16FN3O6S. The van der Waals surface area contributed by atoms with Crippen LogP contribution in [-0.2, 0) is 14.8 Å². The Morgan fingerprint density at radius 1 is 1.25 bits per heavy atom. The lowest BCUT2D eigenvalue weighted by molar-refractivity contribution is -0.497. The predicted octanol–water partition coefficient (Wildman–Crippen LogP) is 2.24. The molecule has 2 N–H and O–H groups in total. The molecule has 1 aliphatic carbocycles. The number of ether oxygens (including phenoxy) is 1. The molecule has 9 nitrogen and oxygen atoms in total. The fourth-order valence-corrected chi connectivity index (χ4v) is 3.68. The van der Waals surface area contributed by atoms with Crippen LogP contribution in [0.1, 0.15) is 6.42 Å². The maximum atomic E-state index is 13.0. The number of nitro groups is 1. The first-order valence-electron chi connectivity index (χ1n) is 8.12. The highest BCUT2D eigenvalue weighted by molar-refractivity contribution is 7.92. The molecule has 28 heavy (non-hydrogen) atoms. The second-order valence-corrected chi connectivity index (χ2v) is 7.84. The van der Waals surface area contributed by atoms with E-state index in [1.165, 1.54) is 25.3 Å². The van der Waals surface area contributed by atoms with Crippen molar-refractivity contribution in [3.63, 3.8) is 0 Å². The van der Waals surface area contributed by atoms with Crippen LogP contribution in [0.15, 0.2) is 47.4 Å². The lowest BCUT2D eigenvalue weighted by Crippen LogP contribution is -2.19. The quantitative estimate of drug-likeness (QED) is 0.533. The minimum atomic E-state index is -4.03. The molecule has 0 unspecified atom stereocenters. The zero-order valence-electron chi connectivity index (χ0n) is 14.6. The van der Waals surface area contributed by atoms with Crippen LogP contribution >= 0.6 is 0 Å². The summed E-state index contributed by atoms with van der Waals surface area (Å²) < 4.78 is 45.5. The number of methoxy groups -OCH3 is 1. The van der Waals surface area contributed by atoms with E-state index in [0.29, 0.717) is 0 Å². The van der Waals surface area contributed by atoms with Gasteiger partial charge in [0, 0.05) is 17.0 Å². The van der Waals surface area contributed by atoms with Crippen molar-refractivity contribution in [3.8, 4) is 5.75 Å². The highest BCUT2D eigenvalue weighted by Crippen LogP contribution is 2.35. The summed E-state index contributed by atoms with van der Waals surface area (Å²) in [4.78, 5) is 22.1. The zero-order chi connectivity index (χ0) is 20.5. The number of carbonyl (C=O) groups is 1. The summed E-state index contributed by atoms with van der Waals surface area (Å²) >= 11 is 0. The van der Waals surface area contributed by atoms with Gasteiger partial charge in [-0.15, -0.1) is 0 Å². The van der Waals surface area contributed by atoms with E-state index in [1.807, 2.05) is 0 Å². The smallest absolute Gasteiger partial charge is 0.262 e. The summed E-state index contributed by atoms with van der Waals surface area (Å²) in [5, 5.41) is 13.2. The van der Waals surface area contributed by atoms with E-state index >= 15 is 0 Å². The molecule has 148 valence electrons. The maximum absolute atomic E-state index is 13.0. The van der Waals surface area contributed by atoms with Crippen LogP contribution in [-0.4, -0.2) is 32.4 Å². The Morgan fingerprint density at radius 3 is 2.50 bits per heavy atom. The molecule has 1 aliphatic rings. The van der Waals surface area contributed by atoms with Gasteiger partial charge in [-0.05, 0) is 42.5 Å². The van der Waals surface area contributed by atoms with E-state index in [-0.39, 0.29) is 28.4 Å². The SMILES string of the molecule is COc1ccc(NC(=O)[C@H]2C[C@H]2[N+](=O)[O-])cc1NS(=O)(=O)c1ccc(F)cc1. The van der Waals surface area contributed by atoms with Gasteiger partial charge in [-0.25, -0.2) is 12.8 Å². The first kappa shape index (κ1) is 19.5. The number of nitrogens with one attached hydrogen (secondary N) is 2. The summed E-state index contributed by atoms with van der Waals surface area (Å²) in [6.45, 7) is 0. The number of sulfonamides is 1. The molecule has 1 fully saturated rings. The molecule has 1 saturated carbocycles. The number of amides is 1. The monoisotopic (exact) mass is 409 g/mol. The Morgan fingerprint density at radius 2 is 1.93 bits per heavy atom. The van der Waals surface area contributed by atoms with E-state index in [9.17, 15) is 27.7 Å². The second-order valence-electron chi connectivity index (χ2n) is 6.16. The molecule has 0 aliphatic heterocycles. The van der Waals surface area contributed by atoms with Gasteiger partial charge >= 0.3 is 0 Å². The summed E-state index contributed by atoms with van der Waals surface area (Å²) in [7, 11) is -2.69. The van der Waals surface area contributed by atoms with Gasteiger partial charge in [0.15, 0.2) is 0 Å². The van der Waals surface area contributed by atoms with E-state index in [0.717, 1.165) is 24.3 Å². The van der Waals surface area contributed by atoms with Crippen molar-refractivity contribution in [1.29, 1.82) is 0 Å². The summed E-state index contributed by atoms with van der Waals surface area (Å²) in [6.07, 6.45) is 0.166. The second kappa shape index (κ2) is 7.43. The number of rotatable bonds is 7. The highest BCUT2D eigenvalue weighted by atomic mass is 32.2. The fraction of sp³-hybridized carbons (Fsp3) is 0.235. The molecule has 0 radical (unpaired) electrons. The first-order valence-corrected chi connectivity index (χ1v) is 9.60. The van der Waals surface area contributed by atoms with Gasteiger partial charge in [-0.1, -0.05) is 0 Å². The van der Waals surface area contributed by atoms with Crippen molar-refractivity contribution in [3.05, 3.63) is 58.4 Å². The number of halogens is 1. The summed E-state index contributed by atoms with van der Waals surface area (Å²) in [6, 6.07) is 7.62. The molecule has 0 saturated heterocycles. The van der Waals surface area contributed by atoms with Gasteiger partial charge in [0.2, 0.25) is 11.9 Å². The number of benzene rings is 2. The zero-order valence-corrected chi connectivity index (χ0v) is 15.4. The topological polar surface area (TPSA) is 128 Å². The normalized spacial score (nSPS) is 18.2. The minimum Gasteiger partial charge on any atom is -0.495 e. The molecule has 11 heteroatoms. The molecule has 2 aromatic rings. The first-order chi connectivity index (χ1) is 13.2. The Labute approximate surface area is 159 Å². The van der Waals surface area contributed by atoms with Crippen LogP contribution in [0.3, 0.4) is 0 Å². The molecule has 0 heterocycles. The molecule has 0 aromatic heterocycles. The lowest BCUT2D eigenvalue weighted by atomic mass is 10.2. The maximum Gasteiger partial charge on any atom is 0.262 e. The van der Waals surface area contributed by atoms with Crippen LogP contribution in [0.5, 0.6) is 5.75 Å². The summed E-state index contributed by atoms with van der Waals surface area (Å²) in [5.74, 6) is -1.61. The Hall–Kier alpha value is -3.21. The van der Waals surface area contributed by atoms with E-state index < -0.39 is 38.6 Å². The van der Waals surface area contributed by atoms with Gasteiger partial charge in [0.05, 0.1) is 17.7 Å². The Bertz CT molecular complexity index is 1030. The van der Waals surface area contributed by atoms with Crippen molar-refractivity contribution in [2.24, 2.45) is 5.92 Å². The fourth-order valence-electron chi connectivity index (χ4n) is 2.61.